The highest BCUT2D eigenvalue weighted by Gasteiger charge is 2.27. The molecule has 2 aromatic rings. The molecule has 2 aromatic heterocycles. The van der Waals surface area contributed by atoms with Crippen LogP contribution in [0.4, 0.5) is 0 Å². The number of hydrogen-bond donors (Lipinski definition) is 3. The molecule has 24 heavy (non-hydrogen) atoms. The Kier molecular flexibility index (Phi) is 7.95. The molecule has 1 unspecified atom stereocenters. The molecule has 0 radical (unpaired) electrons. The Balaban J connectivity index is 0.00000264. The summed E-state index contributed by atoms with van der Waals surface area (Å²) in [7, 11) is 0. The maximum atomic E-state index is 12.2. The molecule has 0 saturated heterocycles. The number of nitrogens with two attached hydrogens (primary N) is 1. The summed E-state index contributed by atoms with van der Waals surface area (Å²) in [5, 5.41) is 5.56. The Hall–Kier alpha value is -1.57. The standard InChI is InChI=1S/C15H23N5O2.2ClH/c1-5-6-15(4,16)14(22)17-8-11-9(2)18-12-7-13(21)19-20(12)10(11)3;;/h7H,5-6,8,16H2,1-4H3,(H,17,22)(H,19,21);2*1H. The van der Waals surface area contributed by atoms with Gasteiger partial charge in [0.2, 0.25) is 5.91 Å². The molecule has 0 saturated carbocycles. The second-order valence-corrected chi connectivity index (χ2v) is 5.93. The summed E-state index contributed by atoms with van der Waals surface area (Å²) in [5.74, 6) is -0.186. The first kappa shape index (κ1) is 22.4. The Morgan fingerprint density at radius 2 is 2.04 bits per heavy atom. The van der Waals surface area contributed by atoms with Crippen LogP contribution in [0.3, 0.4) is 0 Å². The van der Waals surface area contributed by atoms with Crippen LogP contribution in [0, 0.1) is 13.8 Å². The number of carbonyl (C=O) groups is 1. The van der Waals surface area contributed by atoms with E-state index in [1.807, 2.05) is 20.8 Å². The number of amides is 1. The van der Waals surface area contributed by atoms with Crippen molar-refractivity contribution in [1.82, 2.24) is 19.9 Å². The first-order valence-corrected chi connectivity index (χ1v) is 7.41. The van der Waals surface area contributed by atoms with Gasteiger partial charge in [0.05, 0.1) is 5.54 Å². The van der Waals surface area contributed by atoms with Crippen LogP contribution in [0.1, 0.15) is 43.6 Å². The van der Waals surface area contributed by atoms with Gasteiger partial charge in [-0.1, -0.05) is 13.3 Å². The molecular formula is C15H25Cl2N5O2. The molecule has 2 rings (SSSR count). The van der Waals surface area contributed by atoms with Gasteiger partial charge in [0, 0.05) is 29.6 Å². The Morgan fingerprint density at radius 1 is 1.42 bits per heavy atom. The zero-order chi connectivity index (χ0) is 16.5. The largest absolute Gasteiger partial charge is 0.350 e. The lowest BCUT2D eigenvalue weighted by Crippen LogP contribution is -2.51. The van der Waals surface area contributed by atoms with E-state index in [1.165, 1.54) is 6.07 Å². The molecule has 0 aliphatic rings. The first-order chi connectivity index (χ1) is 10.3. The van der Waals surface area contributed by atoms with Gasteiger partial charge in [-0.2, -0.15) is 0 Å². The second-order valence-electron chi connectivity index (χ2n) is 5.93. The highest BCUT2D eigenvalue weighted by molar-refractivity contribution is 5.86. The van der Waals surface area contributed by atoms with Crippen molar-refractivity contribution in [3.63, 3.8) is 0 Å². The van der Waals surface area contributed by atoms with E-state index in [9.17, 15) is 9.59 Å². The van der Waals surface area contributed by atoms with E-state index in [-0.39, 0.29) is 36.3 Å². The van der Waals surface area contributed by atoms with Gasteiger partial charge >= 0.3 is 0 Å². The molecule has 1 amide bonds. The monoisotopic (exact) mass is 377 g/mol. The van der Waals surface area contributed by atoms with Gasteiger partial charge in [-0.25, -0.2) is 9.50 Å². The molecule has 9 heteroatoms. The molecule has 0 fully saturated rings. The zero-order valence-electron chi connectivity index (χ0n) is 14.3. The molecular weight excluding hydrogens is 353 g/mol. The van der Waals surface area contributed by atoms with Gasteiger partial charge in [-0.3, -0.25) is 14.7 Å². The number of H-pyrrole nitrogens is 1. The van der Waals surface area contributed by atoms with E-state index < -0.39 is 5.54 Å². The number of nitrogens with one attached hydrogen (secondary N) is 2. The SMILES string of the molecule is CCCC(C)(N)C(=O)NCc1c(C)nc2cc(=O)[nH]n2c1C.Cl.Cl. The molecule has 0 aromatic carbocycles. The topological polar surface area (TPSA) is 105 Å². The minimum absolute atomic E-state index is 0. The Labute approximate surface area is 153 Å². The van der Waals surface area contributed by atoms with Crippen molar-refractivity contribution >= 4 is 36.4 Å². The van der Waals surface area contributed by atoms with Crippen molar-refractivity contribution in [2.75, 3.05) is 0 Å². The lowest BCUT2D eigenvalue weighted by molar-refractivity contribution is -0.126. The van der Waals surface area contributed by atoms with E-state index >= 15 is 0 Å². The van der Waals surface area contributed by atoms with Crippen LogP contribution in [0.2, 0.25) is 0 Å². The highest BCUT2D eigenvalue weighted by atomic mass is 35.5. The number of nitrogens with zero attached hydrogens (tertiary/aromatic N) is 2. The normalized spacial score (nSPS) is 12.9. The predicted molar refractivity (Wildman–Crippen MR) is 99.1 cm³/mol. The van der Waals surface area contributed by atoms with E-state index in [0.717, 1.165) is 23.4 Å². The number of rotatable bonds is 5. The van der Waals surface area contributed by atoms with Gasteiger partial charge < -0.3 is 11.1 Å². The third-order valence-corrected chi connectivity index (χ3v) is 3.92. The maximum Gasteiger partial charge on any atom is 0.266 e. The van der Waals surface area contributed by atoms with Gasteiger partial charge in [-0.05, 0) is 27.2 Å². The fourth-order valence-electron chi connectivity index (χ4n) is 2.61. The van der Waals surface area contributed by atoms with Gasteiger partial charge in [-0.15, -0.1) is 24.8 Å². The summed E-state index contributed by atoms with van der Waals surface area (Å²) in [6.07, 6.45) is 1.47. The Bertz CT molecular complexity index is 767. The van der Waals surface area contributed by atoms with Crippen molar-refractivity contribution in [3.05, 3.63) is 33.4 Å². The third-order valence-electron chi connectivity index (χ3n) is 3.92. The van der Waals surface area contributed by atoms with Crippen molar-refractivity contribution < 1.29 is 4.79 Å². The van der Waals surface area contributed by atoms with Crippen LogP contribution >= 0.6 is 24.8 Å². The van der Waals surface area contributed by atoms with Crippen LogP contribution in [-0.4, -0.2) is 26.0 Å². The quantitative estimate of drug-likeness (QED) is 0.735. The van der Waals surface area contributed by atoms with Crippen molar-refractivity contribution in [3.8, 4) is 0 Å². The van der Waals surface area contributed by atoms with Crippen LogP contribution in [-0.2, 0) is 11.3 Å². The smallest absolute Gasteiger partial charge is 0.266 e. The van der Waals surface area contributed by atoms with Gasteiger partial charge in [0.1, 0.15) is 0 Å². The average molecular weight is 378 g/mol. The van der Waals surface area contributed by atoms with E-state index in [2.05, 4.69) is 15.4 Å². The molecule has 0 bridgehead atoms. The average Bonchev–Trinajstić information content (AvgIpc) is 2.78. The van der Waals surface area contributed by atoms with E-state index in [0.29, 0.717) is 18.6 Å². The molecule has 0 spiro atoms. The fourth-order valence-corrected chi connectivity index (χ4v) is 2.61. The number of aromatic amines is 1. The van der Waals surface area contributed by atoms with Gasteiger partial charge in [0.15, 0.2) is 5.65 Å². The third kappa shape index (κ3) is 4.49. The number of carbonyl (C=O) groups excluding carboxylic acids is 1. The van der Waals surface area contributed by atoms with Crippen LogP contribution in [0.25, 0.3) is 5.65 Å². The second kappa shape index (κ2) is 8.50. The summed E-state index contributed by atoms with van der Waals surface area (Å²) >= 11 is 0. The summed E-state index contributed by atoms with van der Waals surface area (Å²) in [6, 6.07) is 1.45. The molecule has 1 atom stereocenters. The van der Waals surface area contributed by atoms with Gasteiger partial charge in [0.25, 0.3) is 5.56 Å². The van der Waals surface area contributed by atoms with Crippen molar-refractivity contribution in [1.29, 1.82) is 0 Å². The Morgan fingerprint density at radius 3 is 2.62 bits per heavy atom. The predicted octanol–water partition coefficient (Wildman–Crippen LogP) is 1.62. The van der Waals surface area contributed by atoms with Crippen molar-refractivity contribution in [2.24, 2.45) is 5.73 Å². The van der Waals surface area contributed by atoms with Crippen LogP contribution < -0.4 is 16.6 Å². The molecule has 0 aliphatic heterocycles. The summed E-state index contributed by atoms with van der Waals surface area (Å²) < 4.78 is 1.63. The van der Waals surface area contributed by atoms with Crippen LogP contribution in [0.5, 0.6) is 0 Å². The summed E-state index contributed by atoms with van der Waals surface area (Å²) in [4.78, 5) is 28.0. The van der Waals surface area contributed by atoms with Crippen LogP contribution in [0.15, 0.2) is 10.9 Å². The fraction of sp³-hybridized carbons (Fsp3) is 0.533. The number of hydrogen-bond acceptors (Lipinski definition) is 4. The number of halogens is 2. The minimum atomic E-state index is -0.879. The molecule has 2 heterocycles. The minimum Gasteiger partial charge on any atom is -0.350 e. The van der Waals surface area contributed by atoms with Crippen molar-refractivity contribution in [2.45, 2.75) is 52.6 Å². The summed E-state index contributed by atoms with van der Waals surface area (Å²) in [5.41, 5.74) is 8.02. The lowest BCUT2D eigenvalue weighted by Gasteiger charge is -2.23. The molecule has 136 valence electrons. The lowest BCUT2D eigenvalue weighted by atomic mass is 9.96. The zero-order valence-corrected chi connectivity index (χ0v) is 15.9. The number of fused-ring (bicyclic) bond motifs is 1. The van der Waals surface area contributed by atoms with E-state index in [4.69, 9.17) is 5.73 Å². The first-order valence-electron chi connectivity index (χ1n) is 7.41. The molecule has 0 aliphatic carbocycles. The summed E-state index contributed by atoms with van der Waals surface area (Å²) in [6.45, 7) is 7.80. The maximum absolute atomic E-state index is 12.2. The molecule has 4 N–H and O–H groups in total. The number of aryl methyl sites for hydroxylation is 2. The molecule has 7 nitrogen and oxygen atoms in total. The number of aromatic nitrogens is 3. The van der Waals surface area contributed by atoms with E-state index in [1.54, 1.807) is 11.4 Å². The highest BCUT2D eigenvalue weighted by Crippen LogP contribution is 2.14.